The Morgan fingerprint density at radius 3 is 1.91 bits per heavy atom. The van der Waals surface area contributed by atoms with Gasteiger partial charge in [-0.2, -0.15) is 0 Å². The Balaban J connectivity index is 1.67. The van der Waals surface area contributed by atoms with Gasteiger partial charge < -0.3 is 5.11 Å². The molecular formula is C33H31NO. The fourth-order valence-corrected chi connectivity index (χ4v) is 4.95. The average Bonchev–Trinajstić information content (AvgIpc) is 2.87. The summed E-state index contributed by atoms with van der Waals surface area (Å²) in [4.78, 5) is 4.94. The van der Waals surface area contributed by atoms with Crippen LogP contribution in [-0.2, 0) is 0 Å². The Morgan fingerprint density at radius 1 is 0.629 bits per heavy atom. The van der Waals surface area contributed by atoms with Crippen molar-refractivity contribution in [2.45, 2.75) is 39.5 Å². The van der Waals surface area contributed by atoms with Gasteiger partial charge in [0.2, 0.25) is 0 Å². The highest BCUT2D eigenvalue weighted by atomic mass is 16.3. The number of phenols is 1. The Labute approximate surface area is 207 Å². The Hall–Kier alpha value is -3.91. The topological polar surface area (TPSA) is 32.6 Å². The van der Waals surface area contributed by atoms with E-state index in [0.29, 0.717) is 17.4 Å². The lowest BCUT2D eigenvalue weighted by atomic mass is 9.92. The second kappa shape index (κ2) is 9.38. The summed E-state index contributed by atoms with van der Waals surface area (Å²) in [5.41, 5.74) is 6.02. The largest absolute Gasteiger partial charge is 0.507 e. The van der Waals surface area contributed by atoms with Crippen molar-refractivity contribution in [1.82, 2.24) is 0 Å². The molecule has 0 heterocycles. The number of benzene rings is 5. The summed E-state index contributed by atoms with van der Waals surface area (Å²) in [5.74, 6) is 0.985. The van der Waals surface area contributed by atoms with Gasteiger partial charge in [0.05, 0.1) is 5.69 Å². The first-order chi connectivity index (χ1) is 17.0. The summed E-state index contributed by atoms with van der Waals surface area (Å²) in [6.45, 7) is 8.78. The third kappa shape index (κ3) is 4.21. The predicted molar refractivity (Wildman–Crippen MR) is 150 cm³/mol. The molecule has 0 fully saturated rings. The summed E-state index contributed by atoms with van der Waals surface area (Å²) in [6.07, 6.45) is 1.81. The standard InChI is InChI=1S/C33H31NO/c1-21(2)25-16-10-17-26(22(3)4)32(25)34-20-24-12-9-18-30(33(24)35)31-19-23-11-5-6-13-27(23)28-14-7-8-15-29(28)31/h5-22,35H,1-4H3. The van der Waals surface area contributed by atoms with E-state index in [1.54, 1.807) is 0 Å². The number of rotatable bonds is 5. The van der Waals surface area contributed by atoms with Gasteiger partial charge >= 0.3 is 0 Å². The predicted octanol–water partition coefficient (Wildman–Crippen LogP) is 9.36. The van der Waals surface area contributed by atoms with Crippen LogP contribution in [0.1, 0.15) is 56.2 Å². The number of aromatic hydroxyl groups is 1. The van der Waals surface area contributed by atoms with Crippen LogP contribution < -0.4 is 0 Å². The van der Waals surface area contributed by atoms with Crippen molar-refractivity contribution in [3.05, 3.63) is 108 Å². The first-order valence-electron chi connectivity index (χ1n) is 12.4. The molecule has 5 rings (SSSR count). The van der Waals surface area contributed by atoms with E-state index in [1.807, 2.05) is 24.4 Å². The highest BCUT2D eigenvalue weighted by molar-refractivity contribution is 6.14. The van der Waals surface area contributed by atoms with E-state index in [4.69, 9.17) is 4.99 Å². The maximum absolute atomic E-state index is 11.4. The average molecular weight is 458 g/mol. The second-order valence-corrected chi connectivity index (χ2v) is 9.79. The lowest BCUT2D eigenvalue weighted by Crippen LogP contribution is -1.96. The molecule has 5 aromatic carbocycles. The monoisotopic (exact) mass is 457 g/mol. The molecule has 0 spiro atoms. The summed E-state index contributed by atoms with van der Waals surface area (Å²) >= 11 is 0. The normalized spacial score (nSPS) is 11.9. The van der Waals surface area contributed by atoms with Crippen molar-refractivity contribution in [2.75, 3.05) is 0 Å². The Kier molecular flexibility index (Phi) is 6.13. The number of fused-ring (bicyclic) bond motifs is 3. The zero-order valence-corrected chi connectivity index (χ0v) is 20.8. The van der Waals surface area contributed by atoms with E-state index in [1.165, 1.54) is 21.9 Å². The zero-order valence-electron chi connectivity index (χ0n) is 20.8. The Bertz CT molecular complexity index is 1530. The quantitative estimate of drug-likeness (QED) is 0.207. The molecule has 0 bridgehead atoms. The second-order valence-electron chi connectivity index (χ2n) is 9.79. The molecule has 0 aliphatic heterocycles. The Morgan fingerprint density at radius 2 is 1.23 bits per heavy atom. The van der Waals surface area contributed by atoms with Gasteiger partial charge in [-0.25, -0.2) is 0 Å². The highest BCUT2D eigenvalue weighted by Crippen LogP contribution is 2.40. The van der Waals surface area contributed by atoms with Crippen LogP contribution in [0.3, 0.4) is 0 Å². The van der Waals surface area contributed by atoms with Crippen LogP contribution in [0, 0.1) is 0 Å². The van der Waals surface area contributed by atoms with Gasteiger partial charge in [0.1, 0.15) is 5.75 Å². The van der Waals surface area contributed by atoms with Gasteiger partial charge in [-0.05, 0) is 62.2 Å². The molecule has 0 atom stereocenters. The van der Waals surface area contributed by atoms with Gasteiger partial charge in [0.15, 0.2) is 0 Å². The van der Waals surface area contributed by atoms with Crippen molar-refractivity contribution >= 4 is 33.4 Å². The first kappa shape index (κ1) is 22.9. The maximum atomic E-state index is 11.4. The molecule has 5 aromatic rings. The van der Waals surface area contributed by atoms with Crippen LogP contribution in [0.2, 0.25) is 0 Å². The number of para-hydroxylation sites is 2. The fourth-order valence-electron chi connectivity index (χ4n) is 4.95. The lowest BCUT2D eigenvalue weighted by Gasteiger charge is -2.16. The molecule has 0 saturated heterocycles. The molecular weight excluding hydrogens is 426 g/mol. The molecule has 35 heavy (non-hydrogen) atoms. The van der Waals surface area contributed by atoms with Crippen molar-refractivity contribution in [2.24, 2.45) is 4.99 Å². The minimum Gasteiger partial charge on any atom is -0.507 e. The van der Waals surface area contributed by atoms with Crippen molar-refractivity contribution < 1.29 is 5.11 Å². The smallest absolute Gasteiger partial charge is 0.132 e. The van der Waals surface area contributed by atoms with Crippen LogP contribution >= 0.6 is 0 Å². The molecule has 0 aliphatic rings. The van der Waals surface area contributed by atoms with E-state index in [-0.39, 0.29) is 5.75 Å². The van der Waals surface area contributed by atoms with Crippen molar-refractivity contribution in [1.29, 1.82) is 0 Å². The molecule has 0 unspecified atom stereocenters. The number of nitrogens with zero attached hydrogens (tertiary/aromatic N) is 1. The van der Waals surface area contributed by atoms with Crippen LogP contribution in [0.15, 0.2) is 96.0 Å². The third-order valence-electron chi connectivity index (χ3n) is 6.80. The molecule has 0 saturated carbocycles. The number of hydrogen-bond donors (Lipinski definition) is 1. The molecule has 0 aromatic heterocycles. The third-order valence-corrected chi connectivity index (χ3v) is 6.80. The molecule has 0 aliphatic carbocycles. The van der Waals surface area contributed by atoms with Gasteiger partial charge in [0, 0.05) is 17.3 Å². The minimum absolute atomic E-state index is 0.254. The van der Waals surface area contributed by atoms with E-state index in [0.717, 1.165) is 27.6 Å². The molecule has 0 radical (unpaired) electrons. The fraction of sp³-hybridized carbons (Fsp3) is 0.182. The summed E-state index contributed by atoms with van der Waals surface area (Å²) in [7, 11) is 0. The van der Waals surface area contributed by atoms with E-state index in [9.17, 15) is 5.11 Å². The molecule has 0 amide bonds. The number of hydrogen-bond acceptors (Lipinski definition) is 2. The summed E-state index contributed by atoms with van der Waals surface area (Å²) < 4.78 is 0. The van der Waals surface area contributed by atoms with Gasteiger partial charge in [-0.1, -0.05) is 107 Å². The van der Waals surface area contributed by atoms with Gasteiger partial charge in [-0.15, -0.1) is 0 Å². The van der Waals surface area contributed by atoms with Gasteiger partial charge in [0.25, 0.3) is 0 Å². The first-order valence-corrected chi connectivity index (χ1v) is 12.4. The van der Waals surface area contributed by atoms with Gasteiger partial charge in [-0.3, -0.25) is 4.99 Å². The SMILES string of the molecule is CC(C)c1cccc(C(C)C)c1N=Cc1cccc(-c2cc3ccccc3c3ccccc23)c1O. The molecule has 2 heteroatoms. The van der Waals surface area contributed by atoms with Crippen LogP contribution in [0.5, 0.6) is 5.75 Å². The number of phenolic OH excluding ortho intramolecular Hbond substituents is 1. The minimum atomic E-state index is 0.254. The van der Waals surface area contributed by atoms with Crippen LogP contribution in [-0.4, -0.2) is 11.3 Å². The highest BCUT2D eigenvalue weighted by Gasteiger charge is 2.15. The van der Waals surface area contributed by atoms with Crippen LogP contribution in [0.4, 0.5) is 5.69 Å². The van der Waals surface area contributed by atoms with Crippen LogP contribution in [0.25, 0.3) is 32.7 Å². The van der Waals surface area contributed by atoms with E-state index >= 15 is 0 Å². The molecule has 174 valence electrons. The van der Waals surface area contributed by atoms with Crippen molar-refractivity contribution in [3.8, 4) is 16.9 Å². The van der Waals surface area contributed by atoms with E-state index in [2.05, 4.69) is 100 Å². The zero-order chi connectivity index (χ0) is 24.5. The number of aliphatic imine (C=N–C) groups is 1. The summed E-state index contributed by atoms with van der Waals surface area (Å²) in [5, 5.41) is 16.1. The summed E-state index contributed by atoms with van der Waals surface area (Å²) in [6, 6.07) is 31.3. The molecule has 2 nitrogen and oxygen atoms in total. The maximum Gasteiger partial charge on any atom is 0.132 e. The van der Waals surface area contributed by atoms with Crippen molar-refractivity contribution in [3.63, 3.8) is 0 Å². The molecule has 1 N–H and O–H groups in total. The van der Waals surface area contributed by atoms with E-state index < -0.39 is 0 Å². The lowest BCUT2D eigenvalue weighted by molar-refractivity contribution is 0.476.